The van der Waals surface area contributed by atoms with E-state index >= 15 is 0 Å². The summed E-state index contributed by atoms with van der Waals surface area (Å²) >= 11 is 0. The topological polar surface area (TPSA) is 29.5 Å². The molecule has 1 aromatic rings. The Bertz CT molecular complexity index is 350. The lowest BCUT2D eigenvalue weighted by molar-refractivity contribution is 0.0714. The molecule has 82 valence electrons. The summed E-state index contributed by atoms with van der Waals surface area (Å²) in [6.45, 7) is 4.51. The Hall–Kier alpha value is -1.02. The molecule has 0 aromatic heterocycles. The quantitative estimate of drug-likeness (QED) is 0.822. The molecule has 0 atom stereocenters. The van der Waals surface area contributed by atoms with Crippen molar-refractivity contribution in [3.63, 3.8) is 0 Å². The molecule has 1 aliphatic heterocycles. The summed E-state index contributed by atoms with van der Waals surface area (Å²) in [6.07, 6.45) is 2.75. The average molecular weight is 206 g/mol. The number of hydrogen-bond acceptors (Lipinski definition) is 2. The van der Waals surface area contributed by atoms with Gasteiger partial charge in [-0.25, -0.2) is 0 Å². The summed E-state index contributed by atoms with van der Waals surface area (Å²) in [5, 5.41) is 9.65. The second-order valence-electron chi connectivity index (χ2n) is 4.85. The fourth-order valence-electron chi connectivity index (χ4n) is 1.85. The molecule has 15 heavy (non-hydrogen) atoms. The number of fused-ring (bicyclic) bond motifs is 1. The van der Waals surface area contributed by atoms with Gasteiger partial charge in [0.05, 0.1) is 12.2 Å². The molecule has 0 radical (unpaired) electrons. The minimum Gasteiger partial charge on any atom is -0.493 e. The zero-order chi connectivity index (χ0) is 10.9. The zero-order valence-corrected chi connectivity index (χ0v) is 9.42. The molecule has 0 aliphatic carbocycles. The van der Waals surface area contributed by atoms with Crippen LogP contribution in [0, 0.1) is 0 Å². The fourth-order valence-corrected chi connectivity index (χ4v) is 1.85. The summed E-state index contributed by atoms with van der Waals surface area (Å²) in [4.78, 5) is 0. The molecule has 2 nitrogen and oxygen atoms in total. The van der Waals surface area contributed by atoms with Crippen molar-refractivity contribution >= 4 is 0 Å². The molecule has 0 unspecified atom stereocenters. The number of ether oxygens (including phenoxy) is 1. The Morgan fingerprint density at radius 3 is 2.93 bits per heavy atom. The van der Waals surface area contributed by atoms with Crippen LogP contribution in [0.5, 0.6) is 5.75 Å². The maximum atomic E-state index is 9.65. The smallest absolute Gasteiger partial charge is 0.122 e. The maximum Gasteiger partial charge on any atom is 0.122 e. The van der Waals surface area contributed by atoms with Crippen LogP contribution < -0.4 is 4.74 Å². The van der Waals surface area contributed by atoms with E-state index in [1.807, 2.05) is 19.9 Å². The van der Waals surface area contributed by atoms with Gasteiger partial charge in [0.15, 0.2) is 0 Å². The molecular weight excluding hydrogens is 188 g/mol. The molecule has 0 saturated heterocycles. The standard InChI is InChI=1S/C13H18O2/c1-13(2,14)7-5-10-3-4-12-11(9-10)6-8-15-12/h3-4,9,14H,5-8H2,1-2H3. The molecule has 0 amide bonds. The lowest BCUT2D eigenvalue weighted by Crippen LogP contribution is -2.19. The molecule has 2 heteroatoms. The van der Waals surface area contributed by atoms with Crippen molar-refractivity contribution in [3.8, 4) is 5.75 Å². The maximum absolute atomic E-state index is 9.65. The molecule has 1 N–H and O–H groups in total. The molecule has 0 fully saturated rings. The van der Waals surface area contributed by atoms with Gasteiger partial charge in [-0.3, -0.25) is 0 Å². The number of rotatable bonds is 3. The highest BCUT2D eigenvalue weighted by Crippen LogP contribution is 2.26. The van der Waals surface area contributed by atoms with Crippen LogP contribution in [0.3, 0.4) is 0 Å². The van der Waals surface area contributed by atoms with Gasteiger partial charge in [0.25, 0.3) is 0 Å². The highest BCUT2D eigenvalue weighted by Gasteiger charge is 2.15. The largest absolute Gasteiger partial charge is 0.493 e. The van der Waals surface area contributed by atoms with Gasteiger partial charge in [0, 0.05) is 6.42 Å². The normalized spacial score (nSPS) is 14.9. The third kappa shape index (κ3) is 2.72. The van der Waals surface area contributed by atoms with Crippen LogP contribution in [0.4, 0.5) is 0 Å². The van der Waals surface area contributed by atoms with Crippen molar-refractivity contribution < 1.29 is 9.84 Å². The van der Waals surface area contributed by atoms with E-state index in [0.717, 1.165) is 31.6 Å². The Morgan fingerprint density at radius 1 is 1.40 bits per heavy atom. The highest BCUT2D eigenvalue weighted by atomic mass is 16.5. The van der Waals surface area contributed by atoms with Gasteiger partial charge in [-0.05, 0) is 43.9 Å². The zero-order valence-electron chi connectivity index (χ0n) is 9.42. The predicted octanol–water partition coefficient (Wildman–Crippen LogP) is 2.33. The average Bonchev–Trinajstić information content (AvgIpc) is 2.60. The van der Waals surface area contributed by atoms with Gasteiger partial charge < -0.3 is 9.84 Å². The Kier molecular flexibility index (Phi) is 2.70. The van der Waals surface area contributed by atoms with Crippen LogP contribution in [0.2, 0.25) is 0 Å². The lowest BCUT2D eigenvalue weighted by Gasteiger charge is -2.16. The summed E-state index contributed by atoms with van der Waals surface area (Å²) in [7, 11) is 0. The van der Waals surface area contributed by atoms with Crippen molar-refractivity contribution in [2.24, 2.45) is 0 Å². The van der Waals surface area contributed by atoms with E-state index in [0.29, 0.717) is 0 Å². The first-order valence-corrected chi connectivity index (χ1v) is 5.52. The third-order valence-electron chi connectivity index (χ3n) is 2.78. The van der Waals surface area contributed by atoms with E-state index in [2.05, 4.69) is 12.1 Å². The monoisotopic (exact) mass is 206 g/mol. The first-order chi connectivity index (χ1) is 7.04. The summed E-state index contributed by atoms with van der Waals surface area (Å²) in [5.41, 5.74) is 2.03. The molecular formula is C13H18O2. The highest BCUT2D eigenvalue weighted by molar-refractivity contribution is 5.39. The van der Waals surface area contributed by atoms with Crippen LogP contribution in [-0.2, 0) is 12.8 Å². The van der Waals surface area contributed by atoms with Crippen molar-refractivity contribution in [2.45, 2.75) is 38.7 Å². The van der Waals surface area contributed by atoms with Crippen LogP contribution >= 0.6 is 0 Å². The second kappa shape index (κ2) is 3.86. The number of benzene rings is 1. The third-order valence-corrected chi connectivity index (χ3v) is 2.78. The van der Waals surface area contributed by atoms with Crippen molar-refractivity contribution in [2.75, 3.05) is 6.61 Å². The van der Waals surface area contributed by atoms with Gasteiger partial charge in [0.1, 0.15) is 5.75 Å². The van der Waals surface area contributed by atoms with Gasteiger partial charge >= 0.3 is 0 Å². The van der Waals surface area contributed by atoms with Crippen LogP contribution in [0.25, 0.3) is 0 Å². The van der Waals surface area contributed by atoms with Crippen molar-refractivity contribution in [3.05, 3.63) is 29.3 Å². The Morgan fingerprint density at radius 2 is 2.20 bits per heavy atom. The summed E-state index contributed by atoms with van der Waals surface area (Å²) in [6, 6.07) is 6.34. The van der Waals surface area contributed by atoms with E-state index < -0.39 is 5.60 Å². The van der Waals surface area contributed by atoms with Crippen LogP contribution in [-0.4, -0.2) is 17.3 Å². The Labute approximate surface area is 90.9 Å². The molecule has 2 rings (SSSR count). The number of aryl methyl sites for hydroxylation is 1. The lowest BCUT2D eigenvalue weighted by atomic mass is 9.97. The van der Waals surface area contributed by atoms with Crippen LogP contribution in [0.15, 0.2) is 18.2 Å². The Balaban J connectivity index is 2.04. The number of aliphatic hydroxyl groups is 1. The molecule has 0 spiro atoms. The molecule has 1 aromatic carbocycles. The van der Waals surface area contributed by atoms with E-state index in [1.165, 1.54) is 11.1 Å². The van der Waals surface area contributed by atoms with E-state index in [4.69, 9.17) is 4.74 Å². The minimum absolute atomic E-state index is 0.574. The second-order valence-corrected chi connectivity index (χ2v) is 4.85. The molecule has 1 aliphatic rings. The first-order valence-electron chi connectivity index (χ1n) is 5.52. The van der Waals surface area contributed by atoms with Crippen molar-refractivity contribution in [1.29, 1.82) is 0 Å². The van der Waals surface area contributed by atoms with Gasteiger partial charge in [-0.15, -0.1) is 0 Å². The summed E-state index contributed by atoms with van der Waals surface area (Å²) < 4.78 is 5.45. The van der Waals surface area contributed by atoms with Gasteiger partial charge in [-0.2, -0.15) is 0 Å². The fraction of sp³-hybridized carbons (Fsp3) is 0.538. The van der Waals surface area contributed by atoms with E-state index in [-0.39, 0.29) is 0 Å². The number of hydrogen-bond donors (Lipinski definition) is 1. The van der Waals surface area contributed by atoms with Crippen LogP contribution in [0.1, 0.15) is 31.4 Å². The molecule has 0 bridgehead atoms. The SMILES string of the molecule is CC(C)(O)CCc1ccc2c(c1)CCO2. The predicted molar refractivity (Wildman–Crippen MR) is 60.3 cm³/mol. The van der Waals surface area contributed by atoms with Gasteiger partial charge in [-0.1, -0.05) is 12.1 Å². The van der Waals surface area contributed by atoms with Crippen molar-refractivity contribution in [1.82, 2.24) is 0 Å². The van der Waals surface area contributed by atoms with Gasteiger partial charge in [0.2, 0.25) is 0 Å². The first kappa shape index (κ1) is 10.5. The minimum atomic E-state index is -0.574. The summed E-state index contributed by atoms with van der Waals surface area (Å²) in [5.74, 6) is 1.03. The molecule has 0 saturated carbocycles. The van der Waals surface area contributed by atoms with E-state index in [9.17, 15) is 5.11 Å². The van der Waals surface area contributed by atoms with E-state index in [1.54, 1.807) is 0 Å². The molecule has 1 heterocycles.